The molecule has 0 fully saturated rings. The third kappa shape index (κ3) is 3.36. The molecule has 86 valence electrons. The number of carboxylic acids is 1. The first-order valence-electron chi connectivity index (χ1n) is 4.84. The van der Waals surface area contributed by atoms with Crippen molar-refractivity contribution in [1.29, 1.82) is 0 Å². The van der Waals surface area contributed by atoms with Gasteiger partial charge in [-0.2, -0.15) is 0 Å². The van der Waals surface area contributed by atoms with Gasteiger partial charge >= 0.3 is 5.97 Å². The molecule has 0 aliphatic heterocycles. The lowest BCUT2D eigenvalue weighted by atomic mass is 10.1. The van der Waals surface area contributed by atoms with Crippen LogP contribution in [0.1, 0.15) is 15.9 Å². The zero-order valence-corrected chi connectivity index (χ0v) is 8.93. The Bertz CT molecular complexity index is 404. The van der Waals surface area contributed by atoms with Gasteiger partial charge in [0.1, 0.15) is 6.04 Å². The van der Waals surface area contributed by atoms with E-state index in [1.165, 1.54) is 0 Å². The molecule has 16 heavy (non-hydrogen) atoms. The Morgan fingerprint density at radius 3 is 2.75 bits per heavy atom. The highest BCUT2D eigenvalue weighted by atomic mass is 16.4. The molecule has 0 radical (unpaired) electrons. The average Bonchev–Trinajstić information content (AvgIpc) is 2.25. The Kier molecular flexibility index (Phi) is 4.02. The number of hydrogen-bond acceptors (Lipinski definition) is 3. The number of benzene rings is 1. The molecule has 0 aliphatic carbocycles. The van der Waals surface area contributed by atoms with Gasteiger partial charge in [-0.3, -0.25) is 9.59 Å². The van der Waals surface area contributed by atoms with Crippen LogP contribution in [0.15, 0.2) is 24.3 Å². The molecular formula is C11H14N2O3. The Hall–Kier alpha value is -1.88. The van der Waals surface area contributed by atoms with Crippen LogP contribution in [0.25, 0.3) is 0 Å². The van der Waals surface area contributed by atoms with Crippen LogP contribution in [0, 0.1) is 6.92 Å². The van der Waals surface area contributed by atoms with Crippen molar-refractivity contribution in [2.75, 3.05) is 6.54 Å². The van der Waals surface area contributed by atoms with Gasteiger partial charge in [-0.05, 0) is 19.1 Å². The molecule has 1 aromatic carbocycles. The summed E-state index contributed by atoms with van der Waals surface area (Å²) in [6.07, 6.45) is 0. The topological polar surface area (TPSA) is 92.4 Å². The Labute approximate surface area is 93.3 Å². The second-order valence-electron chi connectivity index (χ2n) is 3.52. The van der Waals surface area contributed by atoms with Crippen molar-refractivity contribution < 1.29 is 14.7 Å². The predicted octanol–water partition coefficient (Wildman–Crippen LogP) is 0.137. The zero-order valence-electron chi connectivity index (χ0n) is 8.93. The van der Waals surface area contributed by atoms with Gasteiger partial charge in [-0.25, -0.2) is 0 Å². The fourth-order valence-electron chi connectivity index (χ4n) is 1.18. The summed E-state index contributed by atoms with van der Waals surface area (Å²) in [6.45, 7) is 1.79. The number of hydrogen-bond donors (Lipinski definition) is 3. The third-order valence-electron chi connectivity index (χ3n) is 2.08. The number of amides is 1. The molecule has 0 aliphatic rings. The molecule has 1 rings (SSSR count). The van der Waals surface area contributed by atoms with Crippen molar-refractivity contribution >= 4 is 11.9 Å². The number of aliphatic carboxylic acids is 1. The number of aryl methyl sites for hydroxylation is 1. The number of carboxylic acid groups (broad SMARTS) is 1. The van der Waals surface area contributed by atoms with E-state index in [0.29, 0.717) is 5.56 Å². The highest BCUT2D eigenvalue weighted by molar-refractivity contribution is 5.94. The van der Waals surface area contributed by atoms with Crippen LogP contribution in [0.4, 0.5) is 0 Å². The van der Waals surface area contributed by atoms with Gasteiger partial charge in [0.25, 0.3) is 5.91 Å². The van der Waals surface area contributed by atoms with Crippen molar-refractivity contribution in [3.63, 3.8) is 0 Å². The maximum Gasteiger partial charge on any atom is 0.322 e. The molecule has 1 aromatic rings. The summed E-state index contributed by atoms with van der Waals surface area (Å²) in [5.41, 5.74) is 6.72. The van der Waals surface area contributed by atoms with Gasteiger partial charge < -0.3 is 16.2 Å². The first-order chi connectivity index (χ1) is 7.50. The molecule has 0 unspecified atom stereocenters. The Balaban J connectivity index is 2.56. The van der Waals surface area contributed by atoms with Gasteiger partial charge in [0.15, 0.2) is 0 Å². The van der Waals surface area contributed by atoms with Crippen molar-refractivity contribution in [3.8, 4) is 0 Å². The summed E-state index contributed by atoms with van der Waals surface area (Å²) in [6, 6.07) is 5.95. The molecule has 0 saturated carbocycles. The summed E-state index contributed by atoms with van der Waals surface area (Å²) in [4.78, 5) is 22.0. The standard InChI is InChI=1S/C11H14N2O3/c1-7-3-2-4-8(5-7)10(14)13-6-9(12)11(15)16/h2-5,9H,6,12H2,1H3,(H,13,14)(H,15,16)/t9-/m0/s1. The van der Waals surface area contributed by atoms with Crippen LogP contribution < -0.4 is 11.1 Å². The lowest BCUT2D eigenvalue weighted by molar-refractivity contribution is -0.138. The maximum absolute atomic E-state index is 11.6. The minimum absolute atomic E-state index is 0.0812. The number of carbonyl (C=O) groups is 2. The summed E-state index contributed by atoms with van der Waals surface area (Å²) >= 11 is 0. The first-order valence-corrected chi connectivity index (χ1v) is 4.84. The van der Waals surface area contributed by atoms with E-state index >= 15 is 0 Å². The Morgan fingerprint density at radius 2 is 2.19 bits per heavy atom. The first kappa shape index (κ1) is 12.2. The fraction of sp³-hybridized carbons (Fsp3) is 0.273. The molecule has 4 N–H and O–H groups in total. The molecular weight excluding hydrogens is 208 g/mol. The van der Waals surface area contributed by atoms with Crippen molar-refractivity contribution in [2.24, 2.45) is 5.73 Å². The molecule has 0 saturated heterocycles. The normalized spacial score (nSPS) is 11.9. The van der Waals surface area contributed by atoms with Gasteiger partial charge in [-0.15, -0.1) is 0 Å². The smallest absolute Gasteiger partial charge is 0.322 e. The van der Waals surface area contributed by atoms with Gasteiger partial charge in [0, 0.05) is 12.1 Å². The second kappa shape index (κ2) is 5.27. The summed E-state index contributed by atoms with van der Waals surface area (Å²) < 4.78 is 0. The van der Waals surface area contributed by atoms with Crippen LogP contribution in [0.2, 0.25) is 0 Å². The van der Waals surface area contributed by atoms with Crippen molar-refractivity contribution in [1.82, 2.24) is 5.32 Å². The molecule has 5 heteroatoms. The summed E-state index contributed by atoms with van der Waals surface area (Å²) in [5.74, 6) is -1.45. The molecule has 5 nitrogen and oxygen atoms in total. The average molecular weight is 222 g/mol. The quantitative estimate of drug-likeness (QED) is 0.675. The number of nitrogens with two attached hydrogens (primary N) is 1. The van der Waals surface area contributed by atoms with Crippen LogP contribution in [-0.2, 0) is 4.79 Å². The van der Waals surface area contributed by atoms with Crippen LogP contribution in [0.3, 0.4) is 0 Å². The van der Waals surface area contributed by atoms with Gasteiger partial charge in [-0.1, -0.05) is 17.7 Å². The lowest BCUT2D eigenvalue weighted by Gasteiger charge is -2.08. The second-order valence-corrected chi connectivity index (χ2v) is 3.52. The maximum atomic E-state index is 11.6. The van der Waals surface area contributed by atoms with Gasteiger partial charge in [0.2, 0.25) is 0 Å². The molecule has 0 aromatic heterocycles. The summed E-state index contributed by atoms with van der Waals surface area (Å²) in [5, 5.41) is 11.0. The monoisotopic (exact) mass is 222 g/mol. The predicted molar refractivity (Wildman–Crippen MR) is 59.1 cm³/mol. The van der Waals surface area contributed by atoms with E-state index in [2.05, 4.69) is 5.32 Å². The van der Waals surface area contributed by atoms with E-state index in [4.69, 9.17) is 10.8 Å². The van der Waals surface area contributed by atoms with Crippen LogP contribution >= 0.6 is 0 Å². The number of nitrogens with one attached hydrogen (secondary N) is 1. The fourth-order valence-corrected chi connectivity index (χ4v) is 1.18. The lowest BCUT2D eigenvalue weighted by Crippen LogP contribution is -2.42. The molecule has 1 amide bonds. The van der Waals surface area contributed by atoms with Crippen molar-refractivity contribution in [3.05, 3.63) is 35.4 Å². The van der Waals surface area contributed by atoms with E-state index in [1.807, 2.05) is 13.0 Å². The van der Waals surface area contributed by atoms with Crippen LogP contribution in [0.5, 0.6) is 0 Å². The van der Waals surface area contributed by atoms with E-state index in [1.54, 1.807) is 18.2 Å². The van der Waals surface area contributed by atoms with E-state index < -0.39 is 12.0 Å². The molecule has 0 spiro atoms. The highest BCUT2D eigenvalue weighted by Gasteiger charge is 2.13. The minimum atomic E-state index is -1.13. The number of carbonyl (C=O) groups excluding carboxylic acids is 1. The van der Waals surface area contributed by atoms with E-state index in [0.717, 1.165) is 5.56 Å². The summed E-state index contributed by atoms with van der Waals surface area (Å²) in [7, 11) is 0. The molecule has 1 atom stereocenters. The zero-order chi connectivity index (χ0) is 12.1. The van der Waals surface area contributed by atoms with Crippen molar-refractivity contribution in [2.45, 2.75) is 13.0 Å². The van der Waals surface area contributed by atoms with Gasteiger partial charge in [0.05, 0.1) is 0 Å². The highest BCUT2D eigenvalue weighted by Crippen LogP contribution is 2.03. The SMILES string of the molecule is Cc1cccc(C(=O)NC[C@H](N)C(=O)O)c1. The molecule has 0 bridgehead atoms. The Morgan fingerprint density at radius 1 is 1.50 bits per heavy atom. The third-order valence-corrected chi connectivity index (χ3v) is 2.08. The van der Waals surface area contributed by atoms with E-state index in [9.17, 15) is 9.59 Å². The van der Waals surface area contributed by atoms with E-state index in [-0.39, 0.29) is 12.5 Å². The number of rotatable bonds is 4. The largest absolute Gasteiger partial charge is 0.480 e. The van der Waals surface area contributed by atoms with Crippen LogP contribution in [-0.4, -0.2) is 29.6 Å². The minimum Gasteiger partial charge on any atom is -0.480 e. The molecule has 0 heterocycles.